The Morgan fingerprint density at radius 3 is 1.36 bits per heavy atom. The van der Waals surface area contributed by atoms with Crippen LogP contribution >= 0.6 is 0 Å². The summed E-state index contributed by atoms with van der Waals surface area (Å²) >= 11 is 0. The standard InChI is InChI=1S/C28H40N4O2.C26H37N3O3/c1-28(2,3)27-30-23-17-21(9-12-24(23)32(27)18-19-7-5-4-6-8-19)26(34)31-15-13-20(14-16-31)25(33)29-22-10-11-22;1-26(2,3)25-27-21-16-20(23(30)28-14-12-19(13-15-28)24(31)32-4)10-11-22(21)29(25)17-18-8-6-5-7-9-18/h9,12,17,19-20,22H,4-8,10-11,13-16,18H2,1-3H3,(H,29,33);10-11,16,18-19H,5-9,12-15,17H2,1-4H3. The summed E-state index contributed by atoms with van der Waals surface area (Å²) in [6, 6.07) is 12.4. The fourth-order valence-electron chi connectivity index (χ4n) is 11.0. The molecule has 66 heavy (non-hydrogen) atoms. The van der Waals surface area contributed by atoms with Gasteiger partial charge < -0.3 is 29.0 Å². The number of hydrogen-bond acceptors (Lipinski definition) is 7. The van der Waals surface area contributed by atoms with E-state index in [0.29, 0.717) is 68.0 Å². The lowest BCUT2D eigenvalue weighted by Gasteiger charge is -2.31. The largest absolute Gasteiger partial charge is 0.469 e. The van der Waals surface area contributed by atoms with Crippen molar-refractivity contribution in [3.05, 3.63) is 59.2 Å². The number of methoxy groups -OCH3 is 1. The van der Waals surface area contributed by atoms with E-state index < -0.39 is 0 Å². The number of rotatable bonds is 9. The number of ether oxygens (including phenoxy) is 1. The molecule has 2 saturated heterocycles. The number of piperidine rings is 2. The first-order valence-corrected chi connectivity index (χ1v) is 25.6. The van der Waals surface area contributed by atoms with Crippen molar-refractivity contribution >= 4 is 45.8 Å². The van der Waals surface area contributed by atoms with Gasteiger partial charge in [-0.1, -0.05) is 80.1 Å². The van der Waals surface area contributed by atoms with E-state index in [4.69, 9.17) is 14.7 Å². The SMILES string of the molecule is CC(C)(C)c1nc2cc(C(=O)N3CCC(C(=O)NC4CC4)CC3)ccc2n1CC1CCCCC1.COC(=O)C1CCN(C(=O)c2ccc3c(c2)nc(C(C)(C)C)n3CC2CCCCC2)CC1. The van der Waals surface area contributed by atoms with Crippen molar-refractivity contribution in [3.8, 4) is 0 Å². The molecule has 4 aromatic rings. The summed E-state index contributed by atoms with van der Waals surface area (Å²) in [7, 11) is 1.42. The van der Waals surface area contributed by atoms with Crippen LogP contribution in [0.1, 0.15) is 177 Å². The quantitative estimate of drug-likeness (QED) is 0.166. The third-order valence-electron chi connectivity index (χ3n) is 15.1. The molecule has 5 aliphatic rings. The predicted molar refractivity (Wildman–Crippen MR) is 260 cm³/mol. The van der Waals surface area contributed by atoms with Crippen LogP contribution in [0.3, 0.4) is 0 Å². The summed E-state index contributed by atoms with van der Waals surface area (Å²) in [6.45, 7) is 17.8. The number of fused-ring (bicyclic) bond motifs is 2. The Kier molecular flexibility index (Phi) is 14.6. The van der Waals surface area contributed by atoms with Gasteiger partial charge >= 0.3 is 5.97 Å². The number of nitrogens with zero attached hydrogens (tertiary/aromatic N) is 6. The molecule has 12 nitrogen and oxygen atoms in total. The highest BCUT2D eigenvalue weighted by Crippen LogP contribution is 2.34. The Morgan fingerprint density at radius 2 is 0.985 bits per heavy atom. The van der Waals surface area contributed by atoms with Crippen LogP contribution in [0.15, 0.2) is 36.4 Å². The first-order valence-electron chi connectivity index (χ1n) is 25.6. The number of benzene rings is 2. The number of amides is 3. The van der Waals surface area contributed by atoms with Gasteiger partial charge in [0.15, 0.2) is 0 Å². The number of nitrogens with one attached hydrogen (secondary N) is 1. The molecule has 2 aliphatic heterocycles. The minimum absolute atomic E-state index is 0.0226. The Bertz CT molecular complexity index is 2350. The van der Waals surface area contributed by atoms with E-state index in [1.807, 2.05) is 34.1 Å². The van der Waals surface area contributed by atoms with E-state index in [1.54, 1.807) is 0 Å². The van der Waals surface area contributed by atoms with Crippen LogP contribution in [-0.4, -0.2) is 91.9 Å². The molecule has 5 fully saturated rings. The van der Waals surface area contributed by atoms with Crippen molar-refractivity contribution in [1.29, 1.82) is 0 Å². The van der Waals surface area contributed by atoms with Crippen molar-refractivity contribution in [2.24, 2.45) is 23.7 Å². The van der Waals surface area contributed by atoms with Crippen molar-refractivity contribution < 1.29 is 23.9 Å². The second-order valence-electron chi connectivity index (χ2n) is 22.4. The van der Waals surface area contributed by atoms with E-state index in [-0.39, 0.29) is 46.4 Å². The fraction of sp³-hybridized carbons (Fsp3) is 0.667. The van der Waals surface area contributed by atoms with Crippen LogP contribution in [0, 0.1) is 23.7 Å². The lowest BCUT2D eigenvalue weighted by atomic mass is 9.88. The van der Waals surface area contributed by atoms with Crippen LogP contribution < -0.4 is 5.32 Å². The van der Waals surface area contributed by atoms with Crippen molar-refractivity contribution in [2.45, 2.75) is 174 Å². The number of aromatic nitrogens is 4. The van der Waals surface area contributed by atoms with E-state index in [0.717, 1.165) is 72.5 Å². The molecule has 9 rings (SSSR count). The number of esters is 1. The van der Waals surface area contributed by atoms with Gasteiger partial charge in [0.2, 0.25) is 5.91 Å². The molecule has 2 aromatic carbocycles. The molecular formula is C54H77N7O5. The third-order valence-corrected chi connectivity index (χ3v) is 15.1. The molecule has 12 heteroatoms. The molecule has 0 bridgehead atoms. The number of carbonyl (C=O) groups excluding carboxylic acids is 4. The van der Waals surface area contributed by atoms with Gasteiger partial charge in [0, 0.05) is 73.2 Å². The van der Waals surface area contributed by atoms with Crippen molar-refractivity contribution in [1.82, 2.24) is 34.2 Å². The molecule has 0 spiro atoms. The molecule has 3 aliphatic carbocycles. The zero-order chi connectivity index (χ0) is 46.8. The number of imidazole rings is 2. The first-order chi connectivity index (χ1) is 31.6. The molecular weight excluding hydrogens is 827 g/mol. The Balaban J connectivity index is 0.000000180. The molecule has 2 aromatic heterocycles. The normalized spacial score (nSPS) is 19.7. The minimum atomic E-state index is -0.170. The van der Waals surface area contributed by atoms with Crippen LogP contribution in [0.4, 0.5) is 0 Å². The van der Waals surface area contributed by atoms with Gasteiger partial charge in [-0.2, -0.15) is 0 Å². The molecule has 1 N–H and O–H groups in total. The van der Waals surface area contributed by atoms with E-state index in [9.17, 15) is 19.2 Å². The average molecular weight is 904 g/mol. The summed E-state index contributed by atoms with van der Waals surface area (Å²) < 4.78 is 9.68. The summed E-state index contributed by atoms with van der Waals surface area (Å²) in [5.41, 5.74) is 5.36. The number of likely N-dealkylation sites (tertiary alicyclic amines) is 2. The van der Waals surface area contributed by atoms with E-state index >= 15 is 0 Å². The van der Waals surface area contributed by atoms with Gasteiger partial charge in [-0.05, 0) is 112 Å². The second kappa shape index (κ2) is 20.2. The molecule has 0 radical (unpaired) electrons. The van der Waals surface area contributed by atoms with Crippen LogP contribution in [0.2, 0.25) is 0 Å². The van der Waals surface area contributed by atoms with E-state index in [1.165, 1.54) is 71.3 Å². The molecule has 358 valence electrons. The third kappa shape index (κ3) is 11.2. The van der Waals surface area contributed by atoms with Crippen LogP contribution in [0.25, 0.3) is 22.1 Å². The minimum Gasteiger partial charge on any atom is -0.469 e. The topological polar surface area (TPSA) is 132 Å². The maximum Gasteiger partial charge on any atom is 0.308 e. The Hall–Kier alpha value is -4.74. The summed E-state index contributed by atoms with van der Waals surface area (Å²) in [5.74, 6) is 3.66. The zero-order valence-electron chi connectivity index (χ0n) is 41.1. The lowest BCUT2D eigenvalue weighted by molar-refractivity contribution is -0.146. The van der Waals surface area contributed by atoms with Crippen molar-refractivity contribution in [3.63, 3.8) is 0 Å². The predicted octanol–water partition coefficient (Wildman–Crippen LogP) is 9.98. The smallest absolute Gasteiger partial charge is 0.308 e. The Labute approximate surface area is 393 Å². The Morgan fingerprint density at radius 1 is 0.576 bits per heavy atom. The number of hydrogen-bond donors (Lipinski definition) is 1. The van der Waals surface area contributed by atoms with Gasteiger partial charge in [-0.25, -0.2) is 9.97 Å². The zero-order valence-corrected chi connectivity index (χ0v) is 41.1. The fourth-order valence-corrected chi connectivity index (χ4v) is 11.0. The van der Waals surface area contributed by atoms with Gasteiger partial charge in [0.05, 0.1) is 35.1 Å². The second-order valence-corrected chi connectivity index (χ2v) is 22.4. The van der Waals surface area contributed by atoms with Crippen LogP contribution in [0.5, 0.6) is 0 Å². The number of carbonyl (C=O) groups is 4. The maximum atomic E-state index is 13.3. The highest BCUT2D eigenvalue weighted by atomic mass is 16.5. The first kappa shape index (κ1) is 47.7. The molecule has 3 amide bonds. The molecule has 0 atom stereocenters. The monoisotopic (exact) mass is 904 g/mol. The van der Waals surface area contributed by atoms with Crippen molar-refractivity contribution in [2.75, 3.05) is 33.3 Å². The molecule has 3 saturated carbocycles. The maximum absolute atomic E-state index is 13.3. The van der Waals surface area contributed by atoms with Gasteiger partial charge in [0.25, 0.3) is 11.8 Å². The van der Waals surface area contributed by atoms with Gasteiger partial charge in [-0.15, -0.1) is 0 Å². The van der Waals surface area contributed by atoms with E-state index in [2.05, 4.69) is 68.1 Å². The molecule has 4 heterocycles. The summed E-state index contributed by atoms with van der Waals surface area (Å²) in [6.07, 6.45) is 18.3. The summed E-state index contributed by atoms with van der Waals surface area (Å²) in [5, 5.41) is 3.12. The lowest BCUT2D eigenvalue weighted by Crippen LogP contribution is -2.43. The summed E-state index contributed by atoms with van der Waals surface area (Å²) in [4.78, 5) is 64.5. The van der Waals surface area contributed by atoms with Gasteiger partial charge in [0.1, 0.15) is 11.6 Å². The van der Waals surface area contributed by atoms with Crippen LogP contribution in [-0.2, 0) is 38.2 Å². The average Bonchev–Trinajstić information content (AvgIpc) is 3.95. The highest BCUT2D eigenvalue weighted by Gasteiger charge is 2.33. The highest BCUT2D eigenvalue weighted by molar-refractivity contribution is 5.98. The molecule has 0 unspecified atom stereocenters. The van der Waals surface area contributed by atoms with Gasteiger partial charge in [-0.3, -0.25) is 19.2 Å².